The Balaban J connectivity index is 2.65. The fourth-order valence-corrected chi connectivity index (χ4v) is 2.30. The molecule has 1 saturated heterocycles. The van der Waals surface area contributed by atoms with E-state index in [0.29, 0.717) is 4.57 Å². The minimum absolute atomic E-state index is 0.107. The molecular formula is C12H13ClFN3O4. The van der Waals surface area contributed by atoms with E-state index in [1.165, 1.54) is 13.0 Å². The second-order valence-corrected chi connectivity index (χ2v) is 4.63. The van der Waals surface area contributed by atoms with Gasteiger partial charge in [-0.2, -0.15) is 4.98 Å². The smallest absolute Gasteiger partial charge is 0.351 e. The zero-order valence-electron chi connectivity index (χ0n) is 12.7. The largest absolute Gasteiger partial charge is 0.394 e. The van der Waals surface area contributed by atoms with Gasteiger partial charge in [0.15, 0.2) is 6.23 Å². The van der Waals surface area contributed by atoms with Gasteiger partial charge >= 0.3 is 5.69 Å². The van der Waals surface area contributed by atoms with E-state index in [9.17, 15) is 15.0 Å². The van der Waals surface area contributed by atoms with E-state index >= 15 is 4.39 Å². The van der Waals surface area contributed by atoms with Crippen LogP contribution in [0.3, 0.4) is 0 Å². The lowest BCUT2D eigenvalue weighted by Gasteiger charge is -2.25. The summed E-state index contributed by atoms with van der Waals surface area (Å²) < 4.78 is 35.4. The van der Waals surface area contributed by atoms with Crippen molar-refractivity contribution in [3.8, 4) is 11.3 Å². The maximum atomic E-state index is 15.2. The third-order valence-electron chi connectivity index (χ3n) is 3.12. The van der Waals surface area contributed by atoms with Crippen LogP contribution in [-0.2, 0) is 4.74 Å². The average molecular weight is 320 g/mol. The van der Waals surface area contributed by atoms with Crippen molar-refractivity contribution < 1.29 is 22.1 Å². The average Bonchev–Trinajstić information content (AvgIpc) is 2.63. The zero-order chi connectivity index (χ0) is 17.6. The maximum absolute atomic E-state index is 15.2. The molecule has 1 aromatic rings. The molecule has 1 aliphatic rings. The monoisotopic (exact) mass is 319 g/mol. The van der Waals surface area contributed by atoms with Crippen molar-refractivity contribution in [2.45, 2.75) is 31.0 Å². The first-order valence-corrected chi connectivity index (χ1v) is 6.13. The van der Waals surface area contributed by atoms with Crippen molar-refractivity contribution >= 4 is 17.4 Å². The molecule has 21 heavy (non-hydrogen) atoms. The molecule has 4 atom stereocenters. The van der Waals surface area contributed by atoms with Crippen LogP contribution < -0.4 is 11.4 Å². The van der Waals surface area contributed by atoms with Crippen LogP contribution in [0.25, 0.3) is 0 Å². The number of rotatable bonds is 2. The summed E-state index contributed by atoms with van der Waals surface area (Å²) in [7, 11) is 0. The number of aliphatic hydroxyl groups is 2. The van der Waals surface area contributed by atoms with Gasteiger partial charge in [0.1, 0.15) is 18.0 Å². The molecule has 4 N–H and O–H groups in total. The molecule has 2 heterocycles. The van der Waals surface area contributed by atoms with E-state index in [4.69, 9.17) is 24.8 Å². The quantitative estimate of drug-likeness (QED) is 0.621. The maximum Gasteiger partial charge on any atom is 0.351 e. The molecule has 114 valence electrons. The van der Waals surface area contributed by atoms with Crippen molar-refractivity contribution in [2.24, 2.45) is 0 Å². The van der Waals surface area contributed by atoms with Gasteiger partial charge in [-0.15, -0.1) is 0 Å². The summed E-state index contributed by atoms with van der Waals surface area (Å²) in [6.45, 7) is -1.68. The van der Waals surface area contributed by atoms with Crippen molar-refractivity contribution in [1.29, 1.82) is 0 Å². The summed E-state index contributed by atoms with van der Waals surface area (Å²) in [5, 5.41) is 21.2. The number of halogens is 2. The van der Waals surface area contributed by atoms with E-state index in [2.05, 4.69) is 4.98 Å². The Morgan fingerprint density at radius 3 is 3.00 bits per heavy atom. The first kappa shape index (κ1) is 13.0. The van der Waals surface area contributed by atoms with E-state index in [0.717, 1.165) is 0 Å². The van der Waals surface area contributed by atoms with Gasteiger partial charge in [0, 0.05) is 11.1 Å². The van der Waals surface area contributed by atoms with E-state index in [1.807, 2.05) is 5.92 Å². The highest BCUT2D eigenvalue weighted by atomic mass is 35.5. The number of aromatic nitrogens is 2. The standard InChI is InChI=1S/C12H13ClFN3O4/c1-6-4-8(15)16-11(20)17(6)10-12(14,2-3-13)9(19)7(5-18)21-10/h4,7,9-10,18-19H,5H2,1H3,(H2,15,16,20)/t7-,9+,10-,12?/m1/s1/i5D2. The van der Waals surface area contributed by atoms with Gasteiger partial charge in [-0.3, -0.25) is 4.57 Å². The van der Waals surface area contributed by atoms with Crippen LogP contribution >= 0.6 is 11.6 Å². The molecule has 1 aliphatic heterocycles. The van der Waals surface area contributed by atoms with Crippen molar-refractivity contribution in [2.75, 3.05) is 12.3 Å². The van der Waals surface area contributed by atoms with Gasteiger partial charge in [-0.25, -0.2) is 9.18 Å². The van der Waals surface area contributed by atoms with E-state index in [-0.39, 0.29) is 11.5 Å². The van der Waals surface area contributed by atoms with Gasteiger partial charge < -0.3 is 20.7 Å². The second-order valence-electron chi connectivity index (χ2n) is 4.45. The number of aryl methyl sites for hydroxylation is 1. The number of aliphatic hydroxyl groups excluding tert-OH is 1. The number of anilines is 1. The Hall–Kier alpha value is -1.66. The molecule has 0 bridgehead atoms. The summed E-state index contributed by atoms with van der Waals surface area (Å²) in [5.41, 5.74) is 1.62. The molecule has 1 fully saturated rings. The van der Waals surface area contributed by atoms with Crippen LogP contribution in [-0.4, -0.2) is 44.2 Å². The normalized spacial score (nSPS) is 33.9. The first-order chi connectivity index (χ1) is 10.5. The van der Waals surface area contributed by atoms with Crippen molar-refractivity contribution in [3.05, 3.63) is 22.2 Å². The third kappa shape index (κ3) is 2.49. The van der Waals surface area contributed by atoms with Gasteiger partial charge in [0.2, 0.25) is 5.67 Å². The Labute approximate surface area is 126 Å². The molecule has 0 aliphatic carbocycles. The molecule has 1 unspecified atom stereocenters. The number of nitrogens with zero attached hydrogens (tertiary/aromatic N) is 2. The molecule has 9 heteroatoms. The second kappa shape index (κ2) is 5.61. The summed E-state index contributed by atoms with van der Waals surface area (Å²) in [6, 6.07) is 1.26. The van der Waals surface area contributed by atoms with Crippen LogP contribution in [0.5, 0.6) is 0 Å². The number of nitrogen functional groups attached to an aromatic ring is 1. The molecule has 0 spiro atoms. The van der Waals surface area contributed by atoms with Crippen LogP contribution in [0.15, 0.2) is 10.9 Å². The lowest BCUT2D eigenvalue weighted by molar-refractivity contribution is -0.0551. The summed E-state index contributed by atoms with van der Waals surface area (Å²) in [4.78, 5) is 15.4. The van der Waals surface area contributed by atoms with E-state index < -0.39 is 36.4 Å². The predicted octanol–water partition coefficient (Wildman–Crippen LogP) is -0.707. The number of nitrogens with two attached hydrogens (primary N) is 1. The van der Waals surface area contributed by atoms with Gasteiger partial charge in [0.25, 0.3) is 0 Å². The Bertz CT molecular complexity index is 745. The topological polar surface area (TPSA) is 111 Å². The number of ether oxygens (including phenoxy) is 1. The molecule has 7 nitrogen and oxygen atoms in total. The zero-order valence-corrected chi connectivity index (χ0v) is 11.5. The summed E-state index contributed by atoms with van der Waals surface area (Å²) in [6.07, 6.45) is -6.09. The molecule has 0 amide bonds. The molecule has 2 rings (SSSR count). The molecular weight excluding hydrogens is 305 g/mol. The molecule has 0 aromatic carbocycles. The van der Waals surface area contributed by atoms with Crippen LogP contribution in [0, 0.1) is 18.2 Å². The van der Waals surface area contributed by atoms with Crippen LogP contribution in [0.4, 0.5) is 10.2 Å². The lowest BCUT2D eigenvalue weighted by Crippen LogP contribution is -2.45. The van der Waals surface area contributed by atoms with Crippen molar-refractivity contribution in [3.63, 3.8) is 0 Å². The summed E-state index contributed by atoms with van der Waals surface area (Å²) in [5.74, 6) is 1.76. The molecule has 1 aromatic heterocycles. The molecule has 0 saturated carbocycles. The molecule has 0 radical (unpaired) electrons. The van der Waals surface area contributed by atoms with Gasteiger partial charge in [0.05, 0.1) is 9.30 Å². The number of alkyl halides is 1. The SMILES string of the molecule is [2H]C([2H])(O)[C@H]1O[C@@H](n2c(C)cc(N)nc2=O)C(F)(C#CCl)[C@H]1O. The predicted molar refractivity (Wildman–Crippen MR) is 72.1 cm³/mol. The lowest BCUT2D eigenvalue weighted by atomic mass is 9.97. The highest BCUT2D eigenvalue weighted by molar-refractivity contribution is 6.30. The number of hydrogen-bond acceptors (Lipinski definition) is 6. The highest BCUT2D eigenvalue weighted by Gasteiger charge is 2.58. The third-order valence-corrected chi connectivity index (χ3v) is 3.21. The Morgan fingerprint density at radius 1 is 1.81 bits per heavy atom. The highest BCUT2D eigenvalue weighted by Crippen LogP contribution is 2.41. The fraction of sp³-hybridized carbons (Fsp3) is 0.500. The van der Waals surface area contributed by atoms with Crippen LogP contribution in [0.1, 0.15) is 14.7 Å². The van der Waals surface area contributed by atoms with Crippen molar-refractivity contribution in [1.82, 2.24) is 9.55 Å². The Kier molecular flexibility index (Phi) is 3.48. The van der Waals surface area contributed by atoms with Gasteiger partial charge in [-0.1, -0.05) is 0 Å². The first-order valence-electron chi connectivity index (χ1n) is 6.75. The minimum Gasteiger partial charge on any atom is -0.394 e. The van der Waals surface area contributed by atoms with Gasteiger partial charge in [-0.05, 0) is 30.5 Å². The Morgan fingerprint density at radius 2 is 2.48 bits per heavy atom. The number of hydrogen-bond donors (Lipinski definition) is 3. The fourth-order valence-electron chi connectivity index (χ4n) is 2.15. The minimum atomic E-state index is -3.09. The van der Waals surface area contributed by atoms with E-state index in [1.54, 1.807) is 5.38 Å². The van der Waals surface area contributed by atoms with Crippen LogP contribution in [0.2, 0.25) is 0 Å². The summed E-state index contributed by atoms with van der Waals surface area (Å²) >= 11 is 5.21.